The predicted molar refractivity (Wildman–Crippen MR) is 85.5 cm³/mol. The molecular weight excluding hydrogens is 267 g/mol. The third kappa shape index (κ3) is 4.34. The fourth-order valence-electron chi connectivity index (χ4n) is 3.13. The smallest absolute Gasteiger partial charge is 0.167 e. The Kier molecular flexibility index (Phi) is 5.85. The Labute approximate surface area is 127 Å². The van der Waals surface area contributed by atoms with Crippen LogP contribution in [0, 0.1) is 11.7 Å². The second kappa shape index (κ2) is 7.64. The van der Waals surface area contributed by atoms with Gasteiger partial charge in [-0.1, -0.05) is 6.92 Å². The van der Waals surface area contributed by atoms with Crippen molar-refractivity contribution < 1.29 is 9.13 Å². The first kappa shape index (κ1) is 16.1. The molecule has 1 heterocycles. The zero-order valence-corrected chi connectivity index (χ0v) is 13.4. The average Bonchev–Trinajstić information content (AvgIpc) is 2.48. The van der Waals surface area contributed by atoms with Crippen molar-refractivity contribution in [1.29, 1.82) is 0 Å². The summed E-state index contributed by atoms with van der Waals surface area (Å²) in [7, 11) is 1.48. The highest BCUT2D eigenvalue weighted by Crippen LogP contribution is 2.25. The van der Waals surface area contributed by atoms with Gasteiger partial charge < -0.3 is 15.0 Å². The lowest BCUT2D eigenvalue weighted by molar-refractivity contribution is 0.176. The maximum absolute atomic E-state index is 13.7. The van der Waals surface area contributed by atoms with Crippen LogP contribution in [0.4, 0.5) is 10.1 Å². The monoisotopic (exact) mass is 294 g/mol. The maximum Gasteiger partial charge on any atom is 0.167 e. The molecule has 21 heavy (non-hydrogen) atoms. The summed E-state index contributed by atoms with van der Waals surface area (Å²) in [6, 6.07) is 5.43. The Balaban J connectivity index is 1.87. The summed E-state index contributed by atoms with van der Waals surface area (Å²) in [5.41, 5.74) is 0.830. The minimum atomic E-state index is -0.313. The van der Waals surface area contributed by atoms with Gasteiger partial charge in [-0.25, -0.2) is 4.39 Å². The summed E-state index contributed by atoms with van der Waals surface area (Å²) in [5.74, 6) is 0.636. The zero-order valence-electron chi connectivity index (χ0n) is 13.4. The van der Waals surface area contributed by atoms with E-state index in [0.717, 1.165) is 5.69 Å². The predicted octanol–water partition coefficient (Wildman–Crippen LogP) is 3.76. The van der Waals surface area contributed by atoms with E-state index in [0.29, 0.717) is 17.7 Å². The molecule has 1 saturated heterocycles. The van der Waals surface area contributed by atoms with Crippen LogP contribution in [-0.2, 0) is 0 Å². The van der Waals surface area contributed by atoms with E-state index in [2.05, 4.69) is 24.1 Å². The summed E-state index contributed by atoms with van der Waals surface area (Å²) in [4.78, 5) is 2.54. The largest absolute Gasteiger partial charge is 0.494 e. The number of piperidine rings is 1. The van der Waals surface area contributed by atoms with Crippen LogP contribution in [0.5, 0.6) is 5.75 Å². The molecule has 118 valence electrons. The number of hydrogen-bond donors (Lipinski definition) is 1. The quantitative estimate of drug-likeness (QED) is 0.864. The van der Waals surface area contributed by atoms with Crippen LogP contribution in [0.1, 0.15) is 33.1 Å². The Bertz CT molecular complexity index is 444. The minimum absolute atomic E-state index is 0.293. The highest BCUT2D eigenvalue weighted by atomic mass is 19.1. The van der Waals surface area contributed by atoms with E-state index in [-0.39, 0.29) is 5.82 Å². The lowest BCUT2D eigenvalue weighted by atomic mass is 9.90. The number of ether oxygens (including phenoxy) is 1. The molecule has 0 aliphatic carbocycles. The van der Waals surface area contributed by atoms with Crippen molar-refractivity contribution in [1.82, 2.24) is 4.90 Å². The third-order valence-electron chi connectivity index (χ3n) is 4.43. The Morgan fingerprint density at radius 2 is 2.10 bits per heavy atom. The minimum Gasteiger partial charge on any atom is -0.494 e. The summed E-state index contributed by atoms with van der Waals surface area (Å²) < 4.78 is 18.7. The number of nitrogens with one attached hydrogen (secondary N) is 1. The molecular formula is C17H27FN2O. The molecule has 0 radical (unpaired) electrons. The fourth-order valence-corrected chi connectivity index (χ4v) is 3.13. The molecule has 1 fully saturated rings. The number of halogens is 1. The van der Waals surface area contributed by atoms with Crippen molar-refractivity contribution in [2.45, 2.75) is 39.2 Å². The van der Waals surface area contributed by atoms with E-state index in [1.54, 1.807) is 6.07 Å². The highest BCUT2D eigenvalue weighted by Gasteiger charge is 2.23. The van der Waals surface area contributed by atoms with Gasteiger partial charge >= 0.3 is 0 Å². The summed E-state index contributed by atoms with van der Waals surface area (Å²) in [6.07, 6.45) is 3.66. The van der Waals surface area contributed by atoms with E-state index < -0.39 is 0 Å². The van der Waals surface area contributed by atoms with E-state index in [1.807, 2.05) is 6.07 Å². The SMILES string of the molecule is CCCN1CCC(C(C)Nc2ccc(OC)c(F)c2)CC1. The van der Waals surface area contributed by atoms with E-state index in [4.69, 9.17) is 4.74 Å². The molecule has 0 saturated carbocycles. The second-order valence-electron chi connectivity index (χ2n) is 5.96. The Hall–Kier alpha value is -1.29. The van der Waals surface area contributed by atoms with Crippen molar-refractivity contribution in [2.24, 2.45) is 5.92 Å². The number of nitrogens with zero attached hydrogens (tertiary/aromatic N) is 1. The van der Waals surface area contributed by atoms with Crippen LogP contribution in [0.2, 0.25) is 0 Å². The van der Waals surface area contributed by atoms with Crippen molar-refractivity contribution in [3.05, 3.63) is 24.0 Å². The second-order valence-corrected chi connectivity index (χ2v) is 5.96. The molecule has 0 aromatic heterocycles. The number of methoxy groups -OCH3 is 1. The molecule has 1 atom stereocenters. The molecule has 3 nitrogen and oxygen atoms in total. The number of hydrogen-bond acceptors (Lipinski definition) is 3. The van der Waals surface area contributed by atoms with Crippen LogP contribution in [-0.4, -0.2) is 37.7 Å². The summed E-state index contributed by atoms with van der Waals surface area (Å²) in [5, 5.41) is 3.44. The van der Waals surface area contributed by atoms with Gasteiger partial charge in [-0.2, -0.15) is 0 Å². The van der Waals surface area contributed by atoms with E-state index in [9.17, 15) is 4.39 Å². The van der Waals surface area contributed by atoms with Crippen molar-refractivity contribution in [3.63, 3.8) is 0 Å². The van der Waals surface area contributed by atoms with Crippen molar-refractivity contribution >= 4 is 5.69 Å². The standard InChI is InChI=1S/C17H27FN2O/c1-4-9-20-10-7-14(8-11-20)13(2)19-15-5-6-17(21-3)16(18)12-15/h5-6,12-14,19H,4,7-11H2,1-3H3. The average molecular weight is 294 g/mol. The van der Waals surface area contributed by atoms with E-state index in [1.165, 1.54) is 52.1 Å². The molecule has 1 N–H and O–H groups in total. The van der Waals surface area contributed by atoms with Gasteiger partial charge in [0.25, 0.3) is 0 Å². The number of rotatable bonds is 6. The molecule has 1 unspecified atom stereocenters. The lowest BCUT2D eigenvalue weighted by Gasteiger charge is -2.35. The highest BCUT2D eigenvalue weighted by molar-refractivity contribution is 5.48. The van der Waals surface area contributed by atoms with Gasteiger partial charge in [0.1, 0.15) is 0 Å². The van der Waals surface area contributed by atoms with E-state index >= 15 is 0 Å². The number of anilines is 1. The first-order valence-electron chi connectivity index (χ1n) is 7.96. The van der Waals surface area contributed by atoms with Crippen molar-refractivity contribution in [3.8, 4) is 5.75 Å². The van der Waals surface area contributed by atoms with Crippen LogP contribution in [0.25, 0.3) is 0 Å². The van der Waals surface area contributed by atoms with Crippen LogP contribution in [0.15, 0.2) is 18.2 Å². The maximum atomic E-state index is 13.7. The van der Waals surface area contributed by atoms with Crippen LogP contribution >= 0.6 is 0 Å². The topological polar surface area (TPSA) is 24.5 Å². The van der Waals surface area contributed by atoms with Crippen molar-refractivity contribution in [2.75, 3.05) is 32.1 Å². The van der Waals surface area contributed by atoms with Gasteiger partial charge in [0, 0.05) is 17.8 Å². The third-order valence-corrected chi connectivity index (χ3v) is 4.43. The fraction of sp³-hybridized carbons (Fsp3) is 0.647. The number of likely N-dealkylation sites (tertiary alicyclic amines) is 1. The first-order chi connectivity index (χ1) is 10.1. The molecule has 1 aliphatic rings. The van der Waals surface area contributed by atoms with Gasteiger partial charge in [-0.05, 0) is 63.9 Å². The number of benzene rings is 1. The summed E-state index contributed by atoms with van der Waals surface area (Å²) in [6.45, 7) is 8.00. The zero-order chi connectivity index (χ0) is 15.2. The molecule has 1 aromatic rings. The molecule has 4 heteroatoms. The molecule has 1 aromatic carbocycles. The normalized spacial score (nSPS) is 18.5. The summed E-state index contributed by atoms with van der Waals surface area (Å²) >= 11 is 0. The lowest BCUT2D eigenvalue weighted by Crippen LogP contribution is -2.39. The van der Waals surface area contributed by atoms with Gasteiger partial charge in [-0.15, -0.1) is 0 Å². The molecule has 0 spiro atoms. The molecule has 0 amide bonds. The van der Waals surface area contributed by atoms with Gasteiger partial charge in [-0.3, -0.25) is 0 Å². The Morgan fingerprint density at radius 1 is 1.38 bits per heavy atom. The molecule has 0 bridgehead atoms. The van der Waals surface area contributed by atoms with Crippen LogP contribution < -0.4 is 10.1 Å². The molecule has 2 rings (SSSR count). The van der Waals surface area contributed by atoms with Gasteiger partial charge in [0.15, 0.2) is 11.6 Å². The molecule has 1 aliphatic heterocycles. The Morgan fingerprint density at radius 3 is 2.67 bits per heavy atom. The van der Waals surface area contributed by atoms with Gasteiger partial charge in [0.2, 0.25) is 0 Å². The first-order valence-corrected chi connectivity index (χ1v) is 7.96. The van der Waals surface area contributed by atoms with Gasteiger partial charge in [0.05, 0.1) is 7.11 Å². The van der Waals surface area contributed by atoms with Crippen LogP contribution in [0.3, 0.4) is 0 Å².